The molecular weight excluding hydrogens is 254 g/mol. The quantitative estimate of drug-likeness (QED) is 0.656. The summed E-state index contributed by atoms with van der Waals surface area (Å²) in [6, 6.07) is 20.1. The average molecular weight is 270 g/mol. The molecule has 0 aromatic heterocycles. The van der Waals surface area contributed by atoms with Gasteiger partial charge in [-0.25, -0.2) is 0 Å². The highest BCUT2D eigenvalue weighted by Crippen LogP contribution is 2.27. The first kappa shape index (κ1) is 12.5. The number of hydrogen-bond acceptors (Lipinski definition) is 1. The summed E-state index contributed by atoms with van der Waals surface area (Å²) in [5, 5.41) is 8.68. The van der Waals surface area contributed by atoms with Gasteiger partial charge in [-0.15, -0.1) is 12.4 Å². The van der Waals surface area contributed by atoms with Gasteiger partial charge >= 0.3 is 0 Å². The highest BCUT2D eigenvalue weighted by Gasteiger charge is 2.18. The first-order valence-corrected chi connectivity index (χ1v) is 6.53. The largest absolute Gasteiger partial charge is 0.315 e. The summed E-state index contributed by atoms with van der Waals surface area (Å²) in [4.78, 5) is 0. The minimum absolute atomic E-state index is 0. The molecule has 0 radical (unpaired) electrons. The van der Waals surface area contributed by atoms with Crippen molar-refractivity contribution in [3.05, 3.63) is 60.2 Å². The first-order valence-electron chi connectivity index (χ1n) is 6.53. The molecule has 96 valence electrons. The van der Waals surface area contributed by atoms with E-state index in [2.05, 4.69) is 59.9 Å². The van der Waals surface area contributed by atoms with Crippen LogP contribution >= 0.6 is 12.4 Å². The van der Waals surface area contributed by atoms with Crippen molar-refractivity contribution >= 4 is 34.0 Å². The number of benzene rings is 3. The lowest BCUT2D eigenvalue weighted by atomic mass is 9.91. The molecule has 1 aliphatic rings. The van der Waals surface area contributed by atoms with Gasteiger partial charge in [0.2, 0.25) is 0 Å². The molecule has 0 unspecified atom stereocenters. The molecule has 0 saturated carbocycles. The lowest BCUT2D eigenvalue weighted by Crippen LogP contribution is -2.39. The Morgan fingerprint density at radius 3 is 2.00 bits per heavy atom. The minimum atomic E-state index is 0. The van der Waals surface area contributed by atoms with E-state index in [4.69, 9.17) is 0 Å². The molecule has 19 heavy (non-hydrogen) atoms. The standard InChI is InChI=1S/C17H15N.ClH/c1-2-4-13-8-16-9-15(17-10-18-11-17)6-5-14(16)7-12(13)3-1;/h1-9,17-18H,10-11H2;1H. The summed E-state index contributed by atoms with van der Waals surface area (Å²) in [5.74, 6) is 0.709. The smallest absolute Gasteiger partial charge is 0.00887 e. The van der Waals surface area contributed by atoms with E-state index in [0.717, 1.165) is 13.1 Å². The number of halogens is 1. The molecule has 1 N–H and O–H groups in total. The van der Waals surface area contributed by atoms with Crippen molar-refractivity contribution in [3.8, 4) is 0 Å². The molecule has 0 aliphatic carbocycles. The van der Waals surface area contributed by atoms with Crippen LogP contribution in [-0.4, -0.2) is 13.1 Å². The molecule has 4 rings (SSSR count). The van der Waals surface area contributed by atoms with Gasteiger partial charge in [0.15, 0.2) is 0 Å². The van der Waals surface area contributed by atoms with Gasteiger partial charge in [-0.3, -0.25) is 0 Å². The van der Waals surface area contributed by atoms with Crippen LogP contribution in [-0.2, 0) is 0 Å². The second-order valence-corrected chi connectivity index (χ2v) is 5.16. The van der Waals surface area contributed by atoms with Crippen molar-refractivity contribution < 1.29 is 0 Å². The molecule has 0 amide bonds. The fourth-order valence-electron chi connectivity index (χ4n) is 2.74. The third-order valence-corrected chi connectivity index (χ3v) is 3.98. The summed E-state index contributed by atoms with van der Waals surface area (Å²) in [6.07, 6.45) is 0. The van der Waals surface area contributed by atoms with E-state index in [-0.39, 0.29) is 12.4 Å². The van der Waals surface area contributed by atoms with Crippen LogP contribution in [0.2, 0.25) is 0 Å². The zero-order valence-corrected chi connectivity index (χ0v) is 11.4. The van der Waals surface area contributed by atoms with Gasteiger partial charge in [0.1, 0.15) is 0 Å². The number of nitrogens with one attached hydrogen (secondary N) is 1. The van der Waals surface area contributed by atoms with Gasteiger partial charge in [0, 0.05) is 19.0 Å². The first-order chi connectivity index (χ1) is 8.90. The second-order valence-electron chi connectivity index (χ2n) is 5.16. The molecule has 1 heterocycles. The van der Waals surface area contributed by atoms with E-state index in [9.17, 15) is 0 Å². The van der Waals surface area contributed by atoms with Gasteiger partial charge in [-0.1, -0.05) is 42.5 Å². The minimum Gasteiger partial charge on any atom is -0.315 e. The van der Waals surface area contributed by atoms with Crippen LogP contribution in [0.4, 0.5) is 0 Å². The van der Waals surface area contributed by atoms with Crippen LogP contribution in [0.3, 0.4) is 0 Å². The van der Waals surface area contributed by atoms with Crippen LogP contribution in [0.15, 0.2) is 54.6 Å². The fourth-order valence-corrected chi connectivity index (χ4v) is 2.74. The molecule has 1 fully saturated rings. The van der Waals surface area contributed by atoms with Crippen LogP contribution in [0.25, 0.3) is 21.5 Å². The zero-order valence-electron chi connectivity index (χ0n) is 10.6. The number of fused-ring (bicyclic) bond motifs is 2. The number of rotatable bonds is 1. The van der Waals surface area contributed by atoms with E-state index in [1.807, 2.05) is 0 Å². The third kappa shape index (κ3) is 2.09. The highest BCUT2D eigenvalue weighted by molar-refractivity contribution is 5.98. The highest BCUT2D eigenvalue weighted by atomic mass is 35.5. The Kier molecular flexibility index (Phi) is 3.17. The predicted octanol–water partition coefficient (Wildman–Crippen LogP) is 4.10. The Morgan fingerprint density at radius 2 is 1.37 bits per heavy atom. The SMILES string of the molecule is Cl.c1ccc2cc3cc(C4CNC4)ccc3cc2c1. The maximum atomic E-state index is 3.34. The average Bonchev–Trinajstić information content (AvgIpc) is 2.34. The second kappa shape index (κ2) is 4.84. The maximum absolute atomic E-state index is 3.34. The van der Waals surface area contributed by atoms with Crippen molar-refractivity contribution in [3.63, 3.8) is 0 Å². The van der Waals surface area contributed by atoms with Gasteiger partial charge in [-0.2, -0.15) is 0 Å². The molecule has 3 aromatic carbocycles. The molecule has 0 bridgehead atoms. The van der Waals surface area contributed by atoms with E-state index in [1.165, 1.54) is 27.1 Å². The van der Waals surface area contributed by atoms with E-state index < -0.39 is 0 Å². The molecule has 2 heteroatoms. The van der Waals surface area contributed by atoms with Crippen LogP contribution in [0, 0.1) is 0 Å². The summed E-state index contributed by atoms with van der Waals surface area (Å²) in [5.41, 5.74) is 1.47. The lowest BCUT2D eigenvalue weighted by Gasteiger charge is -2.27. The number of hydrogen-bond donors (Lipinski definition) is 1. The molecule has 1 aliphatic heterocycles. The normalized spacial score (nSPS) is 15.2. The van der Waals surface area contributed by atoms with Crippen molar-refractivity contribution in [2.45, 2.75) is 5.92 Å². The lowest BCUT2D eigenvalue weighted by molar-refractivity contribution is 0.449. The molecule has 1 nitrogen and oxygen atoms in total. The van der Waals surface area contributed by atoms with E-state index >= 15 is 0 Å². The van der Waals surface area contributed by atoms with Crippen LogP contribution < -0.4 is 5.32 Å². The third-order valence-electron chi connectivity index (χ3n) is 3.98. The van der Waals surface area contributed by atoms with E-state index in [1.54, 1.807) is 0 Å². The molecular formula is C17H16ClN. The Balaban J connectivity index is 0.00000110. The maximum Gasteiger partial charge on any atom is 0.00887 e. The fraction of sp³-hybridized carbons (Fsp3) is 0.176. The Bertz CT molecular complexity index is 731. The van der Waals surface area contributed by atoms with Crippen LogP contribution in [0.1, 0.15) is 11.5 Å². The summed E-state index contributed by atoms with van der Waals surface area (Å²) < 4.78 is 0. The Labute approximate surface area is 119 Å². The predicted molar refractivity (Wildman–Crippen MR) is 84.3 cm³/mol. The van der Waals surface area contributed by atoms with Gasteiger partial charge < -0.3 is 5.32 Å². The van der Waals surface area contributed by atoms with Crippen molar-refractivity contribution in [2.24, 2.45) is 0 Å². The molecule has 0 spiro atoms. The van der Waals surface area contributed by atoms with Crippen molar-refractivity contribution in [2.75, 3.05) is 13.1 Å². The van der Waals surface area contributed by atoms with E-state index in [0.29, 0.717) is 5.92 Å². The molecule has 0 atom stereocenters. The van der Waals surface area contributed by atoms with Crippen molar-refractivity contribution in [1.29, 1.82) is 0 Å². The Hall–Kier alpha value is -1.57. The van der Waals surface area contributed by atoms with Gasteiger partial charge in [0.05, 0.1) is 0 Å². The topological polar surface area (TPSA) is 12.0 Å². The van der Waals surface area contributed by atoms with Gasteiger partial charge in [0.25, 0.3) is 0 Å². The summed E-state index contributed by atoms with van der Waals surface area (Å²) in [7, 11) is 0. The summed E-state index contributed by atoms with van der Waals surface area (Å²) >= 11 is 0. The van der Waals surface area contributed by atoms with Crippen LogP contribution in [0.5, 0.6) is 0 Å². The molecule has 1 saturated heterocycles. The summed E-state index contributed by atoms with van der Waals surface area (Å²) in [6.45, 7) is 2.25. The van der Waals surface area contributed by atoms with Gasteiger partial charge in [-0.05, 0) is 39.2 Å². The molecule has 3 aromatic rings. The zero-order chi connectivity index (χ0) is 11.9. The monoisotopic (exact) mass is 269 g/mol. The Morgan fingerprint density at radius 1 is 0.737 bits per heavy atom. The van der Waals surface area contributed by atoms with Crippen molar-refractivity contribution in [1.82, 2.24) is 5.32 Å².